The van der Waals surface area contributed by atoms with Gasteiger partial charge in [0.05, 0.1) is 25.2 Å². The Labute approximate surface area is 175 Å². The number of rotatable bonds is 6. The van der Waals surface area contributed by atoms with E-state index in [9.17, 15) is 17.6 Å². The Hall–Kier alpha value is -2.75. The second-order valence-corrected chi connectivity index (χ2v) is 8.62. The Balaban J connectivity index is 1.74. The van der Waals surface area contributed by atoms with Crippen LogP contribution in [0.15, 0.2) is 47.4 Å². The molecule has 0 unspecified atom stereocenters. The molecule has 7 nitrogen and oxygen atoms in total. The molecule has 0 atom stereocenters. The number of methoxy groups -OCH3 is 1. The van der Waals surface area contributed by atoms with Gasteiger partial charge < -0.3 is 14.8 Å². The van der Waals surface area contributed by atoms with E-state index in [1.54, 1.807) is 25.1 Å². The van der Waals surface area contributed by atoms with Crippen molar-refractivity contribution in [3.63, 3.8) is 0 Å². The number of amides is 1. The van der Waals surface area contributed by atoms with Gasteiger partial charge in [0.15, 0.2) is 11.6 Å². The third-order valence-corrected chi connectivity index (χ3v) is 6.69. The summed E-state index contributed by atoms with van der Waals surface area (Å²) in [5.74, 6) is -0.883. The van der Waals surface area contributed by atoms with Gasteiger partial charge in [-0.25, -0.2) is 12.8 Å². The number of halogens is 1. The van der Waals surface area contributed by atoms with Crippen LogP contribution >= 0.6 is 0 Å². The molecule has 1 fully saturated rings. The molecule has 0 saturated carbocycles. The zero-order valence-corrected chi connectivity index (χ0v) is 17.5. The molecule has 0 bridgehead atoms. The maximum Gasteiger partial charge on any atom is 0.248 e. The van der Waals surface area contributed by atoms with Gasteiger partial charge in [-0.15, -0.1) is 0 Å². The maximum atomic E-state index is 13.7. The van der Waals surface area contributed by atoms with Crippen LogP contribution in [-0.4, -0.2) is 52.0 Å². The summed E-state index contributed by atoms with van der Waals surface area (Å²) in [5, 5.41) is 2.64. The lowest BCUT2D eigenvalue weighted by Gasteiger charge is -2.26. The zero-order chi connectivity index (χ0) is 21.7. The first-order valence-corrected chi connectivity index (χ1v) is 10.8. The van der Waals surface area contributed by atoms with Crippen molar-refractivity contribution < 1.29 is 27.1 Å². The highest BCUT2D eigenvalue weighted by Crippen LogP contribution is 2.24. The first-order valence-electron chi connectivity index (χ1n) is 9.32. The number of sulfonamides is 1. The summed E-state index contributed by atoms with van der Waals surface area (Å²) in [6.45, 7) is 2.99. The summed E-state index contributed by atoms with van der Waals surface area (Å²) >= 11 is 0. The van der Waals surface area contributed by atoms with Gasteiger partial charge in [-0.1, -0.05) is 12.1 Å². The number of nitrogens with zero attached hydrogens (tertiary/aromatic N) is 1. The van der Waals surface area contributed by atoms with Crippen LogP contribution in [0.3, 0.4) is 0 Å². The van der Waals surface area contributed by atoms with Crippen LogP contribution in [-0.2, 0) is 19.6 Å². The monoisotopic (exact) mass is 434 g/mol. The van der Waals surface area contributed by atoms with Crippen LogP contribution < -0.4 is 10.1 Å². The Morgan fingerprint density at radius 1 is 1.20 bits per heavy atom. The van der Waals surface area contributed by atoms with Gasteiger partial charge in [0, 0.05) is 24.9 Å². The molecule has 2 aromatic carbocycles. The van der Waals surface area contributed by atoms with Gasteiger partial charge in [0.25, 0.3) is 0 Å². The number of morpholine rings is 1. The van der Waals surface area contributed by atoms with E-state index in [4.69, 9.17) is 9.47 Å². The van der Waals surface area contributed by atoms with E-state index < -0.39 is 21.7 Å². The van der Waals surface area contributed by atoms with E-state index in [-0.39, 0.29) is 10.6 Å². The molecule has 1 amide bonds. The minimum atomic E-state index is -3.69. The van der Waals surface area contributed by atoms with Crippen LogP contribution in [0.1, 0.15) is 11.1 Å². The van der Waals surface area contributed by atoms with Crippen LogP contribution in [0.5, 0.6) is 5.75 Å². The third kappa shape index (κ3) is 5.05. The minimum absolute atomic E-state index is 0.116. The Kier molecular flexibility index (Phi) is 6.86. The molecule has 160 valence electrons. The topological polar surface area (TPSA) is 84.9 Å². The molecule has 9 heteroatoms. The van der Waals surface area contributed by atoms with E-state index in [1.165, 1.54) is 41.8 Å². The van der Waals surface area contributed by atoms with Gasteiger partial charge in [-0.05, 0) is 48.4 Å². The summed E-state index contributed by atoms with van der Waals surface area (Å²) in [6, 6.07) is 9.05. The standard InChI is InChI=1S/C21H23FN2O5S/c1-15-3-6-17(14-20(15)30(26,27)24-9-11-29-12-10-24)23-21(25)8-5-16-4-7-19(28-2)18(22)13-16/h3-8,13-14H,9-12H2,1-2H3,(H,23,25)/b8-5+. The highest BCUT2D eigenvalue weighted by Gasteiger charge is 2.28. The third-order valence-electron chi connectivity index (χ3n) is 4.65. The summed E-state index contributed by atoms with van der Waals surface area (Å²) in [6.07, 6.45) is 2.70. The van der Waals surface area contributed by atoms with Crippen molar-refractivity contribution in [3.8, 4) is 5.75 Å². The second kappa shape index (κ2) is 9.38. The molecule has 3 rings (SSSR count). The van der Waals surface area contributed by atoms with Gasteiger partial charge in [0.1, 0.15) is 0 Å². The van der Waals surface area contributed by atoms with Crippen LogP contribution in [0.25, 0.3) is 6.08 Å². The van der Waals surface area contributed by atoms with E-state index in [1.807, 2.05) is 0 Å². The molecule has 0 spiro atoms. The van der Waals surface area contributed by atoms with Crippen LogP contribution in [0.2, 0.25) is 0 Å². The Morgan fingerprint density at radius 3 is 2.60 bits per heavy atom. The van der Waals surface area contributed by atoms with Gasteiger partial charge in [-0.2, -0.15) is 4.31 Å². The predicted octanol–water partition coefficient (Wildman–Crippen LogP) is 2.82. The maximum absolute atomic E-state index is 13.7. The number of carbonyl (C=O) groups excluding carboxylic acids is 1. The summed E-state index contributed by atoms with van der Waals surface area (Å²) in [7, 11) is -2.32. The van der Waals surface area contributed by atoms with Gasteiger partial charge >= 0.3 is 0 Å². The highest BCUT2D eigenvalue weighted by molar-refractivity contribution is 7.89. The van der Waals surface area contributed by atoms with Crippen molar-refractivity contribution in [3.05, 3.63) is 59.4 Å². The van der Waals surface area contributed by atoms with Crippen molar-refractivity contribution in [2.24, 2.45) is 0 Å². The number of hydrogen-bond donors (Lipinski definition) is 1. The molecule has 2 aromatic rings. The Morgan fingerprint density at radius 2 is 1.93 bits per heavy atom. The number of benzene rings is 2. The predicted molar refractivity (Wildman–Crippen MR) is 111 cm³/mol. The molecule has 0 radical (unpaired) electrons. The lowest BCUT2D eigenvalue weighted by atomic mass is 10.2. The van der Waals surface area contributed by atoms with Gasteiger partial charge in [0.2, 0.25) is 15.9 Å². The fourth-order valence-electron chi connectivity index (χ4n) is 3.02. The van der Waals surface area contributed by atoms with Crippen molar-refractivity contribution in [1.82, 2.24) is 4.31 Å². The second-order valence-electron chi connectivity index (χ2n) is 6.71. The normalized spacial score (nSPS) is 15.3. The highest BCUT2D eigenvalue weighted by atomic mass is 32.2. The molecule has 30 heavy (non-hydrogen) atoms. The number of hydrogen-bond acceptors (Lipinski definition) is 5. The van der Waals surface area contributed by atoms with Crippen molar-refractivity contribution in [2.45, 2.75) is 11.8 Å². The zero-order valence-electron chi connectivity index (χ0n) is 16.7. The number of ether oxygens (including phenoxy) is 2. The van der Waals surface area contributed by atoms with Crippen molar-refractivity contribution >= 4 is 27.7 Å². The minimum Gasteiger partial charge on any atom is -0.494 e. The Bertz CT molecular complexity index is 1060. The first kappa shape index (κ1) is 21.9. The van der Waals surface area contributed by atoms with Crippen LogP contribution in [0.4, 0.5) is 10.1 Å². The molecule has 1 aliphatic rings. The molecule has 1 aliphatic heterocycles. The molecular formula is C21H23FN2O5S. The summed E-state index contributed by atoms with van der Waals surface area (Å²) < 4.78 is 51.1. The lowest BCUT2D eigenvalue weighted by Crippen LogP contribution is -2.40. The number of aryl methyl sites for hydroxylation is 1. The lowest BCUT2D eigenvalue weighted by molar-refractivity contribution is -0.111. The first-order chi connectivity index (χ1) is 14.3. The number of carbonyl (C=O) groups is 1. The number of anilines is 1. The average molecular weight is 434 g/mol. The molecule has 0 aliphatic carbocycles. The van der Waals surface area contributed by atoms with Crippen molar-refractivity contribution in [1.29, 1.82) is 0 Å². The van der Waals surface area contributed by atoms with E-state index in [2.05, 4.69) is 5.32 Å². The molecule has 1 heterocycles. The van der Waals surface area contributed by atoms with E-state index >= 15 is 0 Å². The molecule has 1 N–H and O–H groups in total. The summed E-state index contributed by atoms with van der Waals surface area (Å²) in [5.41, 5.74) is 1.43. The largest absolute Gasteiger partial charge is 0.494 e. The SMILES string of the molecule is COc1ccc(/C=C/C(=O)Nc2ccc(C)c(S(=O)(=O)N3CCOCC3)c2)cc1F. The average Bonchev–Trinajstić information content (AvgIpc) is 2.74. The van der Waals surface area contributed by atoms with Gasteiger partial charge in [-0.3, -0.25) is 4.79 Å². The van der Waals surface area contributed by atoms with E-state index in [0.29, 0.717) is 43.1 Å². The van der Waals surface area contributed by atoms with Crippen molar-refractivity contribution in [2.75, 3.05) is 38.7 Å². The fraction of sp³-hybridized carbons (Fsp3) is 0.286. The quantitative estimate of drug-likeness (QED) is 0.707. The fourth-order valence-corrected chi connectivity index (χ4v) is 4.68. The molecular weight excluding hydrogens is 411 g/mol. The molecule has 1 saturated heterocycles. The smallest absolute Gasteiger partial charge is 0.248 e. The number of nitrogens with one attached hydrogen (secondary N) is 1. The van der Waals surface area contributed by atoms with E-state index in [0.717, 1.165) is 0 Å². The molecule has 0 aromatic heterocycles. The summed E-state index contributed by atoms with van der Waals surface area (Å²) in [4.78, 5) is 12.4. The van der Waals surface area contributed by atoms with Crippen LogP contribution in [0, 0.1) is 12.7 Å².